The van der Waals surface area contributed by atoms with Crippen LogP contribution in [-0.2, 0) is 11.2 Å². The summed E-state index contributed by atoms with van der Waals surface area (Å²) >= 11 is 0. The molecular weight excluding hydrogens is 277 g/mol. The van der Waals surface area contributed by atoms with E-state index in [1.54, 1.807) is 11.0 Å². The van der Waals surface area contributed by atoms with Crippen molar-refractivity contribution in [1.82, 2.24) is 0 Å². The number of nitrogens with zero attached hydrogens (tertiary/aromatic N) is 1. The standard InChI is InChI=1S/C19H28FNO/c1-5-15-8-11-17(20)18(12-15)21(13(2)3)19(22)16-9-6-14(4)7-10-16/h8,11-14,16H,5-7,9-10H2,1-4H3. The molecule has 0 spiro atoms. The third-order valence-corrected chi connectivity index (χ3v) is 4.80. The lowest BCUT2D eigenvalue weighted by atomic mass is 9.82. The molecule has 0 saturated heterocycles. The third kappa shape index (κ3) is 3.68. The summed E-state index contributed by atoms with van der Waals surface area (Å²) in [7, 11) is 0. The maximum atomic E-state index is 14.3. The summed E-state index contributed by atoms with van der Waals surface area (Å²) in [6.07, 6.45) is 4.89. The van der Waals surface area contributed by atoms with Gasteiger partial charge in [-0.2, -0.15) is 0 Å². The Morgan fingerprint density at radius 2 is 1.91 bits per heavy atom. The van der Waals surface area contributed by atoms with Crippen LogP contribution in [0, 0.1) is 17.7 Å². The molecule has 0 unspecified atom stereocenters. The molecule has 1 amide bonds. The number of halogens is 1. The molecule has 1 aliphatic rings. The van der Waals surface area contributed by atoms with E-state index in [2.05, 4.69) is 6.92 Å². The van der Waals surface area contributed by atoms with E-state index in [1.807, 2.05) is 26.8 Å². The Morgan fingerprint density at radius 3 is 2.45 bits per heavy atom. The minimum atomic E-state index is -0.302. The van der Waals surface area contributed by atoms with Gasteiger partial charge in [-0.3, -0.25) is 4.79 Å². The summed E-state index contributed by atoms with van der Waals surface area (Å²) in [5.74, 6) is 0.539. The maximum Gasteiger partial charge on any atom is 0.230 e. The van der Waals surface area contributed by atoms with Crippen LogP contribution in [0.1, 0.15) is 58.9 Å². The Kier molecular flexibility index (Phi) is 5.60. The first-order valence-electron chi connectivity index (χ1n) is 8.55. The molecule has 122 valence electrons. The summed E-state index contributed by atoms with van der Waals surface area (Å²) in [5.41, 5.74) is 1.50. The Balaban J connectivity index is 2.28. The van der Waals surface area contributed by atoms with Gasteiger partial charge in [-0.25, -0.2) is 4.39 Å². The number of carbonyl (C=O) groups is 1. The van der Waals surface area contributed by atoms with Crippen molar-refractivity contribution in [3.05, 3.63) is 29.6 Å². The van der Waals surface area contributed by atoms with Crippen molar-refractivity contribution < 1.29 is 9.18 Å². The SMILES string of the molecule is CCc1ccc(F)c(N(C(=O)C2CCC(C)CC2)C(C)C)c1. The van der Waals surface area contributed by atoms with Gasteiger partial charge in [0.25, 0.3) is 0 Å². The summed E-state index contributed by atoms with van der Waals surface area (Å²) in [5, 5.41) is 0. The highest BCUT2D eigenvalue weighted by atomic mass is 19.1. The maximum absolute atomic E-state index is 14.3. The normalized spacial score (nSPS) is 21.9. The molecule has 0 aromatic heterocycles. The number of amides is 1. The molecule has 1 aromatic rings. The third-order valence-electron chi connectivity index (χ3n) is 4.80. The van der Waals surface area contributed by atoms with Crippen LogP contribution < -0.4 is 4.90 Å². The summed E-state index contributed by atoms with van der Waals surface area (Å²) < 4.78 is 14.3. The molecule has 22 heavy (non-hydrogen) atoms. The molecular formula is C19H28FNO. The summed E-state index contributed by atoms with van der Waals surface area (Å²) in [6, 6.07) is 5.08. The van der Waals surface area contributed by atoms with Crippen molar-refractivity contribution in [2.24, 2.45) is 11.8 Å². The predicted molar refractivity (Wildman–Crippen MR) is 89.5 cm³/mol. The molecule has 0 N–H and O–H groups in total. The number of rotatable bonds is 4. The van der Waals surface area contributed by atoms with Crippen LogP contribution in [0.5, 0.6) is 0 Å². The average molecular weight is 305 g/mol. The highest BCUT2D eigenvalue weighted by Crippen LogP contribution is 2.32. The minimum Gasteiger partial charge on any atom is -0.307 e. The zero-order chi connectivity index (χ0) is 16.3. The van der Waals surface area contributed by atoms with Crippen molar-refractivity contribution >= 4 is 11.6 Å². The van der Waals surface area contributed by atoms with Crippen molar-refractivity contribution in [1.29, 1.82) is 0 Å². The van der Waals surface area contributed by atoms with Crippen LogP contribution in [0.3, 0.4) is 0 Å². The van der Waals surface area contributed by atoms with Crippen LogP contribution in [0.15, 0.2) is 18.2 Å². The largest absolute Gasteiger partial charge is 0.307 e. The fraction of sp³-hybridized carbons (Fsp3) is 0.632. The monoisotopic (exact) mass is 305 g/mol. The first kappa shape index (κ1) is 17.0. The van der Waals surface area contributed by atoms with E-state index < -0.39 is 0 Å². The molecule has 1 saturated carbocycles. The molecule has 1 fully saturated rings. The summed E-state index contributed by atoms with van der Waals surface area (Å²) in [4.78, 5) is 14.6. The van der Waals surface area contributed by atoms with Gasteiger partial charge in [0.2, 0.25) is 5.91 Å². The second kappa shape index (κ2) is 7.26. The van der Waals surface area contributed by atoms with Crippen LogP contribution in [0.4, 0.5) is 10.1 Å². The molecule has 0 radical (unpaired) electrons. The van der Waals surface area contributed by atoms with Gasteiger partial charge in [-0.05, 0) is 69.6 Å². The molecule has 2 rings (SSSR count). The van der Waals surface area contributed by atoms with Crippen molar-refractivity contribution in [3.8, 4) is 0 Å². The molecule has 2 nitrogen and oxygen atoms in total. The zero-order valence-corrected chi connectivity index (χ0v) is 14.2. The van der Waals surface area contributed by atoms with Gasteiger partial charge in [0, 0.05) is 12.0 Å². The van der Waals surface area contributed by atoms with Gasteiger partial charge in [-0.15, -0.1) is 0 Å². The second-order valence-corrected chi connectivity index (χ2v) is 6.90. The van der Waals surface area contributed by atoms with Crippen molar-refractivity contribution in [2.45, 2.75) is 65.8 Å². The number of aryl methyl sites for hydroxylation is 1. The van der Waals surface area contributed by atoms with E-state index in [4.69, 9.17) is 0 Å². The highest BCUT2D eigenvalue weighted by molar-refractivity contribution is 5.95. The molecule has 1 aliphatic carbocycles. The number of hydrogen-bond acceptors (Lipinski definition) is 1. The highest BCUT2D eigenvalue weighted by Gasteiger charge is 2.31. The fourth-order valence-corrected chi connectivity index (χ4v) is 3.32. The van der Waals surface area contributed by atoms with Gasteiger partial charge in [0.15, 0.2) is 0 Å². The van der Waals surface area contributed by atoms with E-state index in [-0.39, 0.29) is 23.7 Å². The molecule has 1 aromatic carbocycles. The van der Waals surface area contributed by atoms with E-state index in [0.717, 1.165) is 37.7 Å². The van der Waals surface area contributed by atoms with Gasteiger partial charge in [0.1, 0.15) is 5.82 Å². The number of carbonyl (C=O) groups excluding carboxylic acids is 1. The zero-order valence-electron chi connectivity index (χ0n) is 14.2. The summed E-state index contributed by atoms with van der Waals surface area (Å²) in [6.45, 7) is 8.20. The van der Waals surface area contributed by atoms with E-state index in [1.165, 1.54) is 6.07 Å². The predicted octanol–water partition coefficient (Wildman–Crippen LogP) is 4.96. The average Bonchev–Trinajstić information content (AvgIpc) is 2.49. The first-order chi connectivity index (χ1) is 10.4. The second-order valence-electron chi connectivity index (χ2n) is 6.90. The lowest BCUT2D eigenvalue weighted by Crippen LogP contribution is -2.42. The molecule has 0 atom stereocenters. The lowest BCUT2D eigenvalue weighted by Gasteiger charge is -2.34. The van der Waals surface area contributed by atoms with E-state index >= 15 is 0 Å². The van der Waals surface area contributed by atoms with Gasteiger partial charge < -0.3 is 4.90 Å². The van der Waals surface area contributed by atoms with Crippen LogP contribution in [-0.4, -0.2) is 11.9 Å². The number of anilines is 1. The van der Waals surface area contributed by atoms with Crippen molar-refractivity contribution in [3.63, 3.8) is 0 Å². The Hall–Kier alpha value is -1.38. The Labute approximate surface area is 133 Å². The molecule has 0 bridgehead atoms. The van der Waals surface area contributed by atoms with Gasteiger partial charge >= 0.3 is 0 Å². The molecule has 3 heteroatoms. The number of benzene rings is 1. The number of hydrogen-bond donors (Lipinski definition) is 0. The Morgan fingerprint density at radius 1 is 1.27 bits per heavy atom. The van der Waals surface area contributed by atoms with Crippen LogP contribution in [0.25, 0.3) is 0 Å². The van der Waals surface area contributed by atoms with Crippen LogP contribution >= 0.6 is 0 Å². The fourth-order valence-electron chi connectivity index (χ4n) is 3.32. The lowest BCUT2D eigenvalue weighted by molar-refractivity contribution is -0.123. The van der Waals surface area contributed by atoms with E-state index in [0.29, 0.717) is 11.6 Å². The Bertz CT molecular complexity index is 518. The quantitative estimate of drug-likeness (QED) is 0.770. The molecule has 0 aliphatic heterocycles. The van der Waals surface area contributed by atoms with Gasteiger partial charge in [-0.1, -0.05) is 19.9 Å². The smallest absolute Gasteiger partial charge is 0.230 e. The molecule has 0 heterocycles. The van der Waals surface area contributed by atoms with Crippen LogP contribution in [0.2, 0.25) is 0 Å². The first-order valence-corrected chi connectivity index (χ1v) is 8.55. The minimum absolute atomic E-state index is 0.0338. The topological polar surface area (TPSA) is 20.3 Å². The van der Waals surface area contributed by atoms with E-state index in [9.17, 15) is 9.18 Å². The van der Waals surface area contributed by atoms with Crippen molar-refractivity contribution in [2.75, 3.05) is 4.90 Å². The van der Waals surface area contributed by atoms with Gasteiger partial charge in [0.05, 0.1) is 5.69 Å².